The fourth-order valence-corrected chi connectivity index (χ4v) is 6.07. The first-order chi connectivity index (χ1) is 18.5. The highest BCUT2D eigenvalue weighted by Gasteiger charge is 2.30. The van der Waals surface area contributed by atoms with Crippen LogP contribution in [0.25, 0.3) is 17.1 Å². The lowest BCUT2D eigenvalue weighted by molar-refractivity contribution is -0.120. The number of sulfonamides is 1. The van der Waals surface area contributed by atoms with Crippen LogP contribution in [0.2, 0.25) is 0 Å². The molecular formula is C26H29FN6O4S2. The van der Waals surface area contributed by atoms with Crippen molar-refractivity contribution in [1.29, 1.82) is 5.26 Å². The van der Waals surface area contributed by atoms with Gasteiger partial charge in [-0.2, -0.15) is 9.57 Å². The first kappa shape index (κ1) is 28.7. The van der Waals surface area contributed by atoms with Gasteiger partial charge in [0.1, 0.15) is 11.4 Å². The molecule has 1 aromatic heterocycles. The SMILES string of the molecule is CC(C)C(C)(C#N)NC(=O)CSc1nnc(-c2cccc(S(=O)(=O)N3CCOCC3)c2)n1-c1ccc(F)cc1. The van der Waals surface area contributed by atoms with Crippen molar-refractivity contribution in [3.8, 4) is 23.1 Å². The highest BCUT2D eigenvalue weighted by molar-refractivity contribution is 7.99. The Kier molecular flexibility index (Phi) is 8.70. The number of carbonyl (C=O) groups is 1. The molecule has 1 saturated heterocycles. The summed E-state index contributed by atoms with van der Waals surface area (Å²) >= 11 is 1.10. The summed E-state index contributed by atoms with van der Waals surface area (Å²) in [5, 5.41) is 21.2. The fraction of sp³-hybridized carbons (Fsp3) is 0.385. The third-order valence-corrected chi connectivity index (χ3v) is 9.36. The first-order valence-corrected chi connectivity index (χ1v) is 14.7. The number of nitrogens with one attached hydrogen (secondary N) is 1. The van der Waals surface area contributed by atoms with Crippen LogP contribution in [0.5, 0.6) is 0 Å². The van der Waals surface area contributed by atoms with Gasteiger partial charge < -0.3 is 10.1 Å². The van der Waals surface area contributed by atoms with Crippen LogP contribution in [0.15, 0.2) is 58.6 Å². The van der Waals surface area contributed by atoms with Gasteiger partial charge in [0.2, 0.25) is 15.9 Å². The molecule has 1 fully saturated rings. The minimum absolute atomic E-state index is 0.0469. The molecule has 0 spiro atoms. The minimum atomic E-state index is -3.76. The normalized spacial score (nSPS) is 16.0. The van der Waals surface area contributed by atoms with E-state index in [0.717, 1.165) is 11.8 Å². The van der Waals surface area contributed by atoms with Crippen molar-refractivity contribution in [2.45, 2.75) is 36.4 Å². The van der Waals surface area contributed by atoms with Crippen molar-refractivity contribution in [3.63, 3.8) is 0 Å². The zero-order valence-corrected chi connectivity index (χ0v) is 23.4. The van der Waals surface area contributed by atoms with E-state index < -0.39 is 21.4 Å². The Hall–Kier alpha value is -3.31. The smallest absolute Gasteiger partial charge is 0.243 e. The number of nitrogens with zero attached hydrogens (tertiary/aromatic N) is 5. The number of nitriles is 1. The molecule has 1 aliphatic heterocycles. The molecular weight excluding hydrogens is 543 g/mol. The van der Waals surface area contributed by atoms with Gasteiger partial charge in [0.25, 0.3) is 0 Å². The van der Waals surface area contributed by atoms with Crippen LogP contribution in [0.1, 0.15) is 20.8 Å². The molecule has 0 bridgehead atoms. The summed E-state index contributed by atoms with van der Waals surface area (Å²) in [7, 11) is -3.76. The van der Waals surface area contributed by atoms with Crippen LogP contribution in [-0.4, -0.2) is 71.0 Å². The number of benzene rings is 2. The molecule has 0 radical (unpaired) electrons. The van der Waals surface area contributed by atoms with Gasteiger partial charge in [-0.05, 0) is 49.2 Å². The van der Waals surface area contributed by atoms with E-state index in [1.807, 2.05) is 13.8 Å². The number of hydrogen-bond acceptors (Lipinski definition) is 8. The van der Waals surface area contributed by atoms with E-state index in [4.69, 9.17) is 4.74 Å². The van der Waals surface area contributed by atoms with Gasteiger partial charge >= 0.3 is 0 Å². The Morgan fingerprint density at radius 1 is 1.21 bits per heavy atom. The number of carbonyl (C=O) groups excluding carboxylic acids is 1. The molecule has 13 heteroatoms. The van der Waals surface area contributed by atoms with E-state index in [9.17, 15) is 22.9 Å². The van der Waals surface area contributed by atoms with Crippen LogP contribution in [0, 0.1) is 23.1 Å². The standard InChI is InChI=1S/C26H29FN6O4S2/c1-18(2)26(3,17-28)29-23(34)16-38-25-31-30-24(33(25)21-9-7-20(27)8-10-21)19-5-4-6-22(15-19)39(35,36)32-11-13-37-14-12-32/h4-10,15,18H,11-14,16H2,1-3H3,(H,29,34). The molecule has 2 aromatic carbocycles. The molecule has 1 amide bonds. The summed E-state index contributed by atoms with van der Waals surface area (Å²) in [4.78, 5) is 12.8. The Morgan fingerprint density at radius 3 is 2.54 bits per heavy atom. The highest BCUT2D eigenvalue weighted by atomic mass is 32.2. The van der Waals surface area contributed by atoms with Crippen LogP contribution in [-0.2, 0) is 19.6 Å². The molecule has 1 N–H and O–H groups in total. The maximum Gasteiger partial charge on any atom is 0.243 e. The van der Waals surface area contributed by atoms with Crippen molar-refractivity contribution in [3.05, 3.63) is 54.3 Å². The second-order valence-electron chi connectivity index (χ2n) is 9.47. The van der Waals surface area contributed by atoms with Crippen molar-refractivity contribution >= 4 is 27.7 Å². The van der Waals surface area contributed by atoms with Gasteiger partial charge in [-0.1, -0.05) is 37.7 Å². The molecule has 10 nitrogen and oxygen atoms in total. The zero-order chi connectivity index (χ0) is 28.2. The third-order valence-electron chi connectivity index (χ3n) is 6.54. The van der Waals surface area contributed by atoms with Gasteiger partial charge in [0.15, 0.2) is 11.0 Å². The Balaban J connectivity index is 1.67. The number of hydrogen-bond donors (Lipinski definition) is 1. The Labute approximate surface area is 231 Å². The van der Waals surface area contributed by atoms with Gasteiger partial charge in [-0.25, -0.2) is 12.8 Å². The number of morpholine rings is 1. The number of halogens is 1. The highest BCUT2D eigenvalue weighted by Crippen LogP contribution is 2.30. The lowest BCUT2D eigenvalue weighted by atomic mass is 9.90. The van der Waals surface area contributed by atoms with E-state index >= 15 is 0 Å². The predicted molar refractivity (Wildman–Crippen MR) is 144 cm³/mol. The number of aromatic nitrogens is 3. The van der Waals surface area contributed by atoms with Crippen LogP contribution in [0.3, 0.4) is 0 Å². The van der Waals surface area contributed by atoms with Crippen LogP contribution < -0.4 is 5.32 Å². The number of amides is 1. The second kappa shape index (κ2) is 11.8. The summed E-state index contributed by atoms with van der Waals surface area (Å²) < 4.78 is 48.5. The molecule has 0 aliphatic carbocycles. The lowest BCUT2D eigenvalue weighted by Crippen LogP contribution is -2.49. The van der Waals surface area contributed by atoms with Crippen LogP contribution >= 0.6 is 11.8 Å². The number of rotatable bonds is 9. The van der Waals surface area contributed by atoms with Crippen molar-refractivity contribution < 1.29 is 22.3 Å². The van der Waals surface area contributed by atoms with Gasteiger partial charge in [0, 0.05) is 24.3 Å². The molecule has 2 heterocycles. The summed E-state index contributed by atoms with van der Waals surface area (Å²) in [5.74, 6) is -0.606. The predicted octanol–water partition coefficient (Wildman–Crippen LogP) is 3.24. The average molecular weight is 573 g/mol. The summed E-state index contributed by atoms with van der Waals surface area (Å²) in [6.45, 7) is 6.55. The maximum atomic E-state index is 13.7. The van der Waals surface area contributed by atoms with Crippen LogP contribution in [0.4, 0.5) is 4.39 Å². The molecule has 3 aromatic rings. The summed E-state index contributed by atoms with van der Waals surface area (Å²) in [5.41, 5.74) is -0.0149. The minimum Gasteiger partial charge on any atom is -0.379 e. The fourth-order valence-electron chi connectivity index (χ4n) is 3.86. The molecule has 0 saturated carbocycles. The van der Waals surface area contributed by atoms with E-state index in [2.05, 4.69) is 21.6 Å². The molecule has 1 unspecified atom stereocenters. The molecule has 206 valence electrons. The molecule has 1 atom stereocenters. The lowest BCUT2D eigenvalue weighted by Gasteiger charge is -2.27. The topological polar surface area (TPSA) is 130 Å². The zero-order valence-electron chi connectivity index (χ0n) is 21.8. The number of ether oxygens (including phenoxy) is 1. The van der Waals surface area contributed by atoms with E-state index in [1.54, 1.807) is 35.8 Å². The monoisotopic (exact) mass is 572 g/mol. The summed E-state index contributed by atoms with van der Waals surface area (Å²) in [6.07, 6.45) is 0. The second-order valence-corrected chi connectivity index (χ2v) is 12.3. The Bertz CT molecular complexity index is 1480. The van der Waals surface area contributed by atoms with Gasteiger partial charge in [-0.3, -0.25) is 9.36 Å². The van der Waals surface area contributed by atoms with E-state index in [0.29, 0.717) is 35.4 Å². The number of thioether (sulfide) groups is 1. The molecule has 4 rings (SSSR count). The summed E-state index contributed by atoms with van der Waals surface area (Å²) in [6, 6.07) is 14.2. The average Bonchev–Trinajstić information content (AvgIpc) is 3.36. The van der Waals surface area contributed by atoms with E-state index in [-0.39, 0.29) is 35.6 Å². The van der Waals surface area contributed by atoms with Crippen molar-refractivity contribution in [1.82, 2.24) is 24.4 Å². The quantitative estimate of drug-likeness (QED) is 0.387. The van der Waals surface area contributed by atoms with Crippen molar-refractivity contribution in [2.75, 3.05) is 32.1 Å². The first-order valence-electron chi connectivity index (χ1n) is 12.3. The van der Waals surface area contributed by atoms with Crippen molar-refractivity contribution in [2.24, 2.45) is 5.92 Å². The third kappa shape index (κ3) is 6.30. The largest absolute Gasteiger partial charge is 0.379 e. The van der Waals surface area contributed by atoms with Gasteiger partial charge in [0.05, 0.1) is 29.9 Å². The molecule has 39 heavy (non-hydrogen) atoms. The molecule has 1 aliphatic rings. The maximum absolute atomic E-state index is 13.7. The Morgan fingerprint density at radius 2 is 1.90 bits per heavy atom. The van der Waals surface area contributed by atoms with E-state index in [1.165, 1.54) is 28.6 Å². The van der Waals surface area contributed by atoms with Gasteiger partial charge in [-0.15, -0.1) is 10.2 Å².